The predicted octanol–water partition coefficient (Wildman–Crippen LogP) is 1.21. The summed E-state index contributed by atoms with van der Waals surface area (Å²) in [4.78, 5) is 22.7. The van der Waals surface area contributed by atoms with Gasteiger partial charge in [0.1, 0.15) is 0 Å². The summed E-state index contributed by atoms with van der Waals surface area (Å²) in [7, 11) is 0. The summed E-state index contributed by atoms with van der Waals surface area (Å²) in [6.45, 7) is 7.69. The van der Waals surface area contributed by atoms with Crippen LogP contribution in [0.1, 0.15) is 27.7 Å². The summed E-state index contributed by atoms with van der Waals surface area (Å²) in [5.74, 6) is -1.69. The zero-order valence-electron chi connectivity index (χ0n) is 10.6. The van der Waals surface area contributed by atoms with Gasteiger partial charge in [-0.05, 0) is 11.8 Å². The third-order valence-electron chi connectivity index (χ3n) is 1.58. The number of hydrogen-bond donors (Lipinski definition) is 1. The molecule has 0 aromatic rings. The van der Waals surface area contributed by atoms with Crippen LogP contribution in [0.25, 0.3) is 0 Å². The molecule has 0 fully saturated rings. The molecule has 0 aromatic heterocycles. The highest BCUT2D eigenvalue weighted by Gasteiger charge is 2.25. The number of carbonyl (C=O) groups is 2. The Hall–Kier alpha value is -1.59. The third kappa shape index (κ3) is 6.55. The summed E-state index contributed by atoms with van der Waals surface area (Å²) in [6, 6.07) is 0. The molecule has 0 saturated carbocycles. The molecule has 0 amide bonds. The number of rotatable bonds is 6. The Balaban J connectivity index is 4.32. The van der Waals surface area contributed by atoms with Gasteiger partial charge in [0, 0.05) is 0 Å². The van der Waals surface area contributed by atoms with Crippen molar-refractivity contribution in [1.82, 2.24) is 0 Å². The Morgan fingerprint density at radius 2 is 1.35 bits per heavy atom. The zero-order valence-corrected chi connectivity index (χ0v) is 10.6. The van der Waals surface area contributed by atoms with Gasteiger partial charge in [-0.3, -0.25) is 0 Å². The molecule has 0 unspecified atom stereocenters. The zero-order chi connectivity index (χ0) is 13.4. The van der Waals surface area contributed by atoms with E-state index in [-0.39, 0.29) is 25.0 Å². The number of oxime groups is 1. The topological polar surface area (TPSA) is 85.2 Å². The van der Waals surface area contributed by atoms with Crippen molar-refractivity contribution >= 4 is 17.7 Å². The van der Waals surface area contributed by atoms with Crippen LogP contribution in [0.2, 0.25) is 0 Å². The maximum absolute atomic E-state index is 11.4. The molecular formula is C11H19NO5. The minimum Gasteiger partial charge on any atom is -0.460 e. The van der Waals surface area contributed by atoms with E-state index < -0.39 is 17.7 Å². The van der Waals surface area contributed by atoms with E-state index in [1.54, 1.807) is 0 Å². The van der Waals surface area contributed by atoms with Gasteiger partial charge in [0.05, 0.1) is 13.2 Å². The first-order valence-corrected chi connectivity index (χ1v) is 5.44. The Morgan fingerprint density at radius 3 is 1.59 bits per heavy atom. The fourth-order valence-corrected chi connectivity index (χ4v) is 0.786. The van der Waals surface area contributed by atoms with Gasteiger partial charge in [0.25, 0.3) is 5.71 Å². The average Bonchev–Trinajstić information content (AvgIpc) is 2.24. The van der Waals surface area contributed by atoms with Crippen molar-refractivity contribution in [2.24, 2.45) is 17.0 Å². The highest BCUT2D eigenvalue weighted by atomic mass is 16.6. The smallest absolute Gasteiger partial charge is 0.368 e. The fraction of sp³-hybridized carbons (Fsp3) is 0.727. The van der Waals surface area contributed by atoms with E-state index in [2.05, 4.69) is 5.16 Å². The van der Waals surface area contributed by atoms with Gasteiger partial charge in [-0.25, -0.2) is 9.59 Å². The molecule has 0 spiro atoms. The van der Waals surface area contributed by atoms with E-state index in [1.807, 2.05) is 27.7 Å². The van der Waals surface area contributed by atoms with Crippen molar-refractivity contribution in [1.29, 1.82) is 0 Å². The number of carbonyl (C=O) groups excluding carboxylic acids is 2. The van der Waals surface area contributed by atoms with Crippen LogP contribution in [0, 0.1) is 11.8 Å². The molecule has 0 heterocycles. The van der Waals surface area contributed by atoms with Crippen molar-refractivity contribution in [3.8, 4) is 0 Å². The lowest BCUT2D eigenvalue weighted by Gasteiger charge is -2.09. The fourth-order valence-electron chi connectivity index (χ4n) is 0.786. The summed E-state index contributed by atoms with van der Waals surface area (Å²) in [5, 5.41) is 11.2. The maximum atomic E-state index is 11.4. The largest absolute Gasteiger partial charge is 0.460 e. The van der Waals surface area contributed by atoms with Gasteiger partial charge in [0.15, 0.2) is 0 Å². The highest BCUT2D eigenvalue weighted by Crippen LogP contribution is 1.98. The van der Waals surface area contributed by atoms with E-state index in [9.17, 15) is 9.59 Å². The molecule has 0 aliphatic heterocycles. The van der Waals surface area contributed by atoms with Crippen LogP contribution in [0.3, 0.4) is 0 Å². The second-order valence-corrected chi connectivity index (χ2v) is 4.43. The number of nitrogens with zero attached hydrogens (tertiary/aromatic N) is 1. The van der Waals surface area contributed by atoms with Crippen LogP contribution in [0.5, 0.6) is 0 Å². The molecule has 6 nitrogen and oxygen atoms in total. The van der Waals surface area contributed by atoms with Gasteiger partial charge >= 0.3 is 11.9 Å². The first-order chi connectivity index (χ1) is 7.88. The van der Waals surface area contributed by atoms with E-state index in [0.29, 0.717) is 0 Å². The Kier molecular flexibility index (Phi) is 6.93. The molecule has 98 valence electrons. The van der Waals surface area contributed by atoms with Crippen molar-refractivity contribution in [3.63, 3.8) is 0 Å². The summed E-state index contributed by atoms with van der Waals surface area (Å²) >= 11 is 0. The van der Waals surface area contributed by atoms with Crippen LogP contribution in [-0.4, -0.2) is 36.1 Å². The van der Waals surface area contributed by atoms with Crippen molar-refractivity contribution in [3.05, 3.63) is 0 Å². The SMILES string of the molecule is CC(C)COC(=O)C(=NO)C(=O)OCC(C)C. The molecule has 0 atom stereocenters. The number of esters is 2. The number of ether oxygens (including phenoxy) is 2. The molecule has 0 radical (unpaired) electrons. The monoisotopic (exact) mass is 245 g/mol. The van der Waals surface area contributed by atoms with E-state index >= 15 is 0 Å². The summed E-state index contributed by atoms with van der Waals surface area (Å²) in [5.41, 5.74) is -0.730. The van der Waals surface area contributed by atoms with E-state index in [4.69, 9.17) is 14.7 Å². The van der Waals surface area contributed by atoms with Crippen molar-refractivity contribution in [2.75, 3.05) is 13.2 Å². The molecule has 0 saturated heterocycles. The minimum absolute atomic E-state index is 0.130. The van der Waals surface area contributed by atoms with Crippen molar-refractivity contribution in [2.45, 2.75) is 27.7 Å². The first kappa shape index (κ1) is 15.4. The van der Waals surface area contributed by atoms with Gasteiger partial charge in [-0.2, -0.15) is 0 Å². The van der Waals surface area contributed by atoms with Crippen LogP contribution >= 0.6 is 0 Å². The van der Waals surface area contributed by atoms with Gasteiger partial charge in [-0.1, -0.05) is 32.9 Å². The minimum atomic E-state index is -0.977. The second-order valence-electron chi connectivity index (χ2n) is 4.43. The normalized spacial score (nSPS) is 10.2. The lowest BCUT2D eigenvalue weighted by molar-refractivity contribution is -0.142. The number of hydrogen-bond acceptors (Lipinski definition) is 6. The standard InChI is InChI=1S/C11H19NO5/c1-7(2)5-16-10(13)9(12-15)11(14)17-6-8(3)4/h7-8,15H,5-6H2,1-4H3. The Morgan fingerprint density at radius 1 is 1.00 bits per heavy atom. The highest BCUT2D eigenvalue weighted by molar-refractivity contribution is 6.62. The molecule has 0 aromatic carbocycles. The summed E-state index contributed by atoms with van der Waals surface area (Å²) in [6.07, 6.45) is 0. The maximum Gasteiger partial charge on any atom is 0.368 e. The molecule has 0 rings (SSSR count). The Bertz CT molecular complexity index is 270. The van der Waals surface area contributed by atoms with Crippen LogP contribution in [-0.2, 0) is 19.1 Å². The molecule has 1 N–H and O–H groups in total. The average molecular weight is 245 g/mol. The third-order valence-corrected chi connectivity index (χ3v) is 1.58. The molecule has 0 bridgehead atoms. The van der Waals surface area contributed by atoms with Crippen LogP contribution in [0.4, 0.5) is 0 Å². The molecular weight excluding hydrogens is 226 g/mol. The molecule has 0 aliphatic carbocycles. The Labute approximate surface area is 101 Å². The van der Waals surface area contributed by atoms with Crippen LogP contribution < -0.4 is 0 Å². The van der Waals surface area contributed by atoms with E-state index in [1.165, 1.54) is 0 Å². The molecule has 0 aliphatic rings. The lowest BCUT2D eigenvalue weighted by Crippen LogP contribution is -2.30. The first-order valence-electron chi connectivity index (χ1n) is 5.44. The van der Waals surface area contributed by atoms with Gasteiger partial charge in [0.2, 0.25) is 0 Å². The summed E-state index contributed by atoms with van der Waals surface area (Å²) < 4.78 is 9.51. The lowest BCUT2D eigenvalue weighted by atomic mass is 10.2. The van der Waals surface area contributed by atoms with Gasteiger partial charge in [-0.15, -0.1) is 0 Å². The molecule has 6 heteroatoms. The molecule has 17 heavy (non-hydrogen) atoms. The van der Waals surface area contributed by atoms with Crippen molar-refractivity contribution < 1.29 is 24.3 Å². The van der Waals surface area contributed by atoms with Gasteiger partial charge < -0.3 is 14.7 Å². The van der Waals surface area contributed by atoms with Crippen LogP contribution in [0.15, 0.2) is 5.16 Å². The van der Waals surface area contributed by atoms with E-state index in [0.717, 1.165) is 0 Å². The predicted molar refractivity (Wildman–Crippen MR) is 60.8 cm³/mol. The second kappa shape index (κ2) is 7.65. The quantitative estimate of drug-likeness (QED) is 0.250.